The van der Waals surface area contributed by atoms with E-state index in [4.69, 9.17) is 0 Å². The fourth-order valence-corrected chi connectivity index (χ4v) is 2.28. The first-order chi connectivity index (χ1) is 5.29. The van der Waals surface area contributed by atoms with Crippen LogP contribution in [0.1, 0.15) is 18.4 Å². The van der Waals surface area contributed by atoms with E-state index in [1.165, 1.54) is 17.3 Å². The molecule has 0 bridgehead atoms. The summed E-state index contributed by atoms with van der Waals surface area (Å²) in [6.45, 7) is 1.96. The Morgan fingerprint density at radius 2 is 2.09 bits per heavy atom. The summed E-state index contributed by atoms with van der Waals surface area (Å²) in [5.74, 6) is 0.0937. The van der Waals surface area contributed by atoms with Gasteiger partial charge in [0.2, 0.25) is 5.12 Å². The standard InChI is InChI=1S/C9H8OS/c1-6-7-4-2-3-5-8(7)11-9(6)10/h2-6H,1H3. The van der Waals surface area contributed by atoms with Crippen molar-refractivity contribution in [3.05, 3.63) is 29.8 Å². The lowest BCUT2D eigenvalue weighted by Crippen LogP contribution is -1.95. The molecule has 1 atom stereocenters. The monoisotopic (exact) mass is 164 g/mol. The zero-order chi connectivity index (χ0) is 7.84. The van der Waals surface area contributed by atoms with Crippen molar-refractivity contribution < 1.29 is 4.79 Å². The van der Waals surface area contributed by atoms with Crippen LogP contribution in [-0.2, 0) is 4.79 Å². The third-order valence-electron chi connectivity index (χ3n) is 1.95. The van der Waals surface area contributed by atoms with Crippen molar-refractivity contribution in [3.8, 4) is 0 Å². The molecule has 2 heteroatoms. The summed E-state index contributed by atoms with van der Waals surface area (Å²) >= 11 is 1.36. The van der Waals surface area contributed by atoms with Crippen molar-refractivity contribution in [3.63, 3.8) is 0 Å². The summed E-state index contributed by atoms with van der Waals surface area (Å²) in [5, 5.41) is 0.270. The first-order valence-electron chi connectivity index (χ1n) is 3.59. The number of fused-ring (bicyclic) bond motifs is 1. The molecule has 1 aromatic carbocycles. The zero-order valence-electron chi connectivity index (χ0n) is 6.20. The molecular weight excluding hydrogens is 156 g/mol. The van der Waals surface area contributed by atoms with Crippen molar-refractivity contribution in [1.29, 1.82) is 0 Å². The zero-order valence-corrected chi connectivity index (χ0v) is 7.02. The Labute approximate surface area is 69.8 Å². The van der Waals surface area contributed by atoms with Gasteiger partial charge in [-0.05, 0) is 11.6 Å². The van der Waals surface area contributed by atoms with E-state index < -0.39 is 0 Å². The Kier molecular flexibility index (Phi) is 1.50. The SMILES string of the molecule is CC1C(=O)Sc2ccccc21. The summed E-state index contributed by atoms with van der Waals surface area (Å²) in [6.07, 6.45) is 0. The molecule has 1 unspecified atom stereocenters. The maximum Gasteiger partial charge on any atom is 0.200 e. The minimum Gasteiger partial charge on any atom is -0.286 e. The van der Waals surface area contributed by atoms with Crippen LogP contribution >= 0.6 is 11.8 Å². The molecule has 11 heavy (non-hydrogen) atoms. The molecule has 1 aliphatic rings. The van der Waals surface area contributed by atoms with Gasteiger partial charge in [-0.25, -0.2) is 0 Å². The summed E-state index contributed by atoms with van der Waals surface area (Å²) in [7, 11) is 0. The third kappa shape index (κ3) is 0.979. The highest BCUT2D eigenvalue weighted by Gasteiger charge is 2.26. The Bertz CT molecular complexity index is 306. The highest BCUT2D eigenvalue weighted by atomic mass is 32.2. The minimum absolute atomic E-state index is 0.0937. The van der Waals surface area contributed by atoms with Crippen molar-refractivity contribution in [2.45, 2.75) is 17.7 Å². The molecule has 1 nitrogen and oxygen atoms in total. The van der Waals surface area contributed by atoms with E-state index in [2.05, 4.69) is 0 Å². The molecule has 0 fully saturated rings. The fourth-order valence-electron chi connectivity index (χ4n) is 1.25. The summed E-state index contributed by atoms with van der Waals surface area (Å²) in [5.41, 5.74) is 1.18. The van der Waals surface area contributed by atoms with Crippen molar-refractivity contribution in [1.82, 2.24) is 0 Å². The number of thioether (sulfide) groups is 1. The van der Waals surface area contributed by atoms with Crippen LogP contribution in [0.4, 0.5) is 0 Å². The lowest BCUT2D eigenvalue weighted by Gasteiger charge is -1.98. The van der Waals surface area contributed by atoms with Crippen LogP contribution in [0.5, 0.6) is 0 Å². The molecular formula is C9H8OS. The topological polar surface area (TPSA) is 17.1 Å². The van der Waals surface area contributed by atoms with Gasteiger partial charge in [0.25, 0.3) is 0 Å². The maximum absolute atomic E-state index is 11.2. The molecule has 0 spiro atoms. The minimum atomic E-state index is 0.0937. The predicted octanol–water partition coefficient (Wildman–Crippen LogP) is 2.42. The predicted molar refractivity (Wildman–Crippen MR) is 45.7 cm³/mol. The Morgan fingerprint density at radius 1 is 1.36 bits per heavy atom. The van der Waals surface area contributed by atoms with Crippen LogP contribution in [0.3, 0.4) is 0 Å². The van der Waals surface area contributed by atoms with Gasteiger partial charge in [-0.15, -0.1) is 0 Å². The number of hydrogen-bond acceptors (Lipinski definition) is 2. The van der Waals surface area contributed by atoms with E-state index in [9.17, 15) is 4.79 Å². The quantitative estimate of drug-likeness (QED) is 0.585. The average molecular weight is 164 g/mol. The van der Waals surface area contributed by atoms with Gasteiger partial charge in [-0.2, -0.15) is 0 Å². The Hall–Kier alpha value is -0.760. The molecule has 56 valence electrons. The second-order valence-electron chi connectivity index (χ2n) is 2.68. The summed E-state index contributed by atoms with van der Waals surface area (Å²) in [6, 6.07) is 7.98. The first kappa shape index (κ1) is 6.92. The number of carbonyl (C=O) groups excluding carboxylic acids is 1. The van der Waals surface area contributed by atoms with E-state index in [-0.39, 0.29) is 11.0 Å². The Morgan fingerprint density at radius 3 is 2.82 bits per heavy atom. The van der Waals surface area contributed by atoms with Crippen LogP contribution in [0, 0.1) is 0 Å². The second-order valence-corrected chi connectivity index (χ2v) is 3.73. The Balaban J connectivity index is 2.55. The van der Waals surface area contributed by atoms with E-state index in [0.29, 0.717) is 0 Å². The molecule has 0 aliphatic carbocycles. The van der Waals surface area contributed by atoms with E-state index in [1.54, 1.807) is 0 Å². The molecule has 2 rings (SSSR count). The van der Waals surface area contributed by atoms with Crippen LogP contribution in [0.15, 0.2) is 29.2 Å². The molecule has 0 radical (unpaired) electrons. The number of rotatable bonds is 0. The number of hydrogen-bond donors (Lipinski definition) is 0. The molecule has 1 aromatic rings. The second kappa shape index (κ2) is 2.38. The molecule has 0 N–H and O–H groups in total. The van der Waals surface area contributed by atoms with Gasteiger partial charge in [-0.1, -0.05) is 36.9 Å². The molecule has 1 aliphatic heterocycles. The van der Waals surface area contributed by atoms with Crippen molar-refractivity contribution in [2.24, 2.45) is 0 Å². The van der Waals surface area contributed by atoms with Crippen molar-refractivity contribution >= 4 is 16.9 Å². The highest BCUT2D eigenvalue weighted by Crippen LogP contribution is 2.39. The van der Waals surface area contributed by atoms with Gasteiger partial charge >= 0.3 is 0 Å². The number of carbonyl (C=O) groups is 1. The molecule has 0 amide bonds. The van der Waals surface area contributed by atoms with E-state index in [1.807, 2.05) is 31.2 Å². The fraction of sp³-hybridized carbons (Fsp3) is 0.222. The largest absolute Gasteiger partial charge is 0.286 e. The van der Waals surface area contributed by atoms with Gasteiger partial charge in [0, 0.05) is 4.90 Å². The van der Waals surface area contributed by atoms with Crippen LogP contribution in [-0.4, -0.2) is 5.12 Å². The van der Waals surface area contributed by atoms with Crippen LogP contribution < -0.4 is 0 Å². The van der Waals surface area contributed by atoms with Gasteiger partial charge in [0.05, 0.1) is 5.92 Å². The van der Waals surface area contributed by atoms with Gasteiger partial charge in [0.15, 0.2) is 0 Å². The summed E-state index contributed by atoms with van der Waals surface area (Å²) < 4.78 is 0. The van der Waals surface area contributed by atoms with Crippen LogP contribution in [0.2, 0.25) is 0 Å². The average Bonchev–Trinajstić information content (AvgIpc) is 2.30. The maximum atomic E-state index is 11.2. The van der Waals surface area contributed by atoms with Crippen LogP contribution in [0.25, 0.3) is 0 Å². The molecule has 0 saturated carbocycles. The first-order valence-corrected chi connectivity index (χ1v) is 4.41. The van der Waals surface area contributed by atoms with Gasteiger partial charge in [0.1, 0.15) is 0 Å². The molecule has 0 aromatic heterocycles. The smallest absolute Gasteiger partial charge is 0.200 e. The van der Waals surface area contributed by atoms with E-state index >= 15 is 0 Å². The lowest BCUT2D eigenvalue weighted by atomic mass is 10.0. The normalized spacial score (nSPS) is 21.9. The third-order valence-corrected chi connectivity index (χ3v) is 3.10. The summed E-state index contributed by atoms with van der Waals surface area (Å²) in [4.78, 5) is 12.3. The molecule has 0 saturated heterocycles. The van der Waals surface area contributed by atoms with E-state index in [0.717, 1.165) is 4.90 Å². The van der Waals surface area contributed by atoms with Gasteiger partial charge in [-0.3, -0.25) is 4.79 Å². The molecule has 1 heterocycles. The lowest BCUT2D eigenvalue weighted by molar-refractivity contribution is -0.111. The van der Waals surface area contributed by atoms with Crippen molar-refractivity contribution in [2.75, 3.05) is 0 Å². The van der Waals surface area contributed by atoms with Gasteiger partial charge < -0.3 is 0 Å². The number of benzene rings is 1. The highest BCUT2D eigenvalue weighted by molar-refractivity contribution is 8.14.